The highest BCUT2D eigenvalue weighted by Gasteiger charge is 2.10. The molecule has 6 nitrogen and oxygen atoms in total. The summed E-state index contributed by atoms with van der Waals surface area (Å²) in [4.78, 5) is 27.1. The number of nitrogens with zero attached hydrogens (tertiary/aromatic N) is 2. The molecule has 0 aromatic carbocycles. The van der Waals surface area contributed by atoms with Crippen LogP contribution in [-0.2, 0) is 0 Å². The number of carboxylic acids is 2. The number of hydrogen-bond acceptors (Lipinski definition) is 4. The van der Waals surface area contributed by atoms with Gasteiger partial charge >= 0.3 is 11.9 Å². The molecule has 0 unspecified atom stereocenters. The van der Waals surface area contributed by atoms with Crippen molar-refractivity contribution in [2.24, 2.45) is 0 Å². The van der Waals surface area contributed by atoms with Crippen molar-refractivity contribution in [2.75, 3.05) is 0 Å². The Hall–Kier alpha value is -3.04. The van der Waals surface area contributed by atoms with Crippen LogP contribution >= 0.6 is 0 Å². The van der Waals surface area contributed by atoms with E-state index in [1.807, 2.05) is 0 Å². The Balaban J connectivity index is 0.000000240. The second-order valence-corrected chi connectivity index (χ2v) is 4.17. The Bertz CT molecular complexity index is 629. The van der Waals surface area contributed by atoms with Crippen LogP contribution in [0.5, 0.6) is 0 Å². The molecule has 0 radical (unpaired) electrons. The summed E-state index contributed by atoms with van der Waals surface area (Å²) in [6, 6.07) is 4.18. The van der Waals surface area contributed by atoms with Crippen molar-refractivity contribution in [2.45, 2.75) is 12.9 Å². The van der Waals surface area contributed by atoms with E-state index in [4.69, 9.17) is 10.2 Å². The maximum absolute atomic E-state index is 11.9. The molecule has 24 heavy (non-hydrogen) atoms. The van der Waals surface area contributed by atoms with Crippen molar-refractivity contribution in [3.63, 3.8) is 0 Å². The highest BCUT2D eigenvalue weighted by molar-refractivity contribution is 5.85. The first kappa shape index (κ1) is 19.0. The van der Waals surface area contributed by atoms with E-state index in [1.54, 1.807) is 0 Å². The molecule has 0 atom stereocenters. The molecule has 2 aromatic rings. The number of carbonyl (C=O) groups is 2. The predicted octanol–water partition coefficient (Wildman–Crippen LogP) is 3.43. The molecule has 0 saturated heterocycles. The minimum Gasteiger partial charge on any atom is -0.477 e. The fourth-order valence-corrected chi connectivity index (χ4v) is 1.32. The first-order valence-electron chi connectivity index (χ1n) is 6.17. The lowest BCUT2D eigenvalue weighted by molar-refractivity contribution is 0.0679. The number of aromatic carboxylic acids is 2. The van der Waals surface area contributed by atoms with Crippen molar-refractivity contribution in [1.82, 2.24) is 9.97 Å². The van der Waals surface area contributed by atoms with Gasteiger partial charge in [-0.3, -0.25) is 0 Å². The minimum absolute atomic E-state index is 0.237. The molecule has 2 N–H and O–H groups in total. The normalized spacial score (nSPS) is 10.2. The zero-order valence-corrected chi connectivity index (χ0v) is 11.7. The van der Waals surface area contributed by atoms with Gasteiger partial charge < -0.3 is 10.2 Å². The average Bonchev–Trinajstić information content (AvgIpc) is 2.55. The molecular weight excluding hydrogens is 336 g/mol. The third kappa shape index (κ3) is 5.63. The molecule has 2 aromatic heterocycles. The summed E-state index contributed by atoms with van der Waals surface area (Å²) in [6.45, 7) is 0. The number of aromatic nitrogens is 2. The molecule has 128 valence electrons. The van der Waals surface area contributed by atoms with Gasteiger partial charge in [0.25, 0.3) is 12.9 Å². The highest BCUT2D eigenvalue weighted by Crippen LogP contribution is 2.17. The third-order valence-electron chi connectivity index (χ3n) is 2.51. The standard InChI is InChI=1S/2C7H5F2NO2/c2*8-6(9)4-1-2-5(7(11)12)10-3-4/h2*1-3,6H,(H,11,12). The van der Waals surface area contributed by atoms with E-state index < -0.39 is 24.8 Å². The van der Waals surface area contributed by atoms with Crippen LogP contribution < -0.4 is 0 Å². The molecule has 0 spiro atoms. The summed E-state index contributed by atoms with van der Waals surface area (Å²) in [5, 5.41) is 16.7. The van der Waals surface area contributed by atoms with E-state index in [2.05, 4.69) is 9.97 Å². The number of halogens is 4. The molecule has 0 aliphatic rings. The number of pyridine rings is 2. The number of rotatable bonds is 4. The second kappa shape index (κ2) is 8.56. The molecule has 2 rings (SSSR count). The van der Waals surface area contributed by atoms with E-state index in [9.17, 15) is 27.2 Å². The van der Waals surface area contributed by atoms with Crippen LogP contribution in [0.4, 0.5) is 17.6 Å². The first-order valence-corrected chi connectivity index (χ1v) is 6.17. The molecule has 0 bridgehead atoms. The van der Waals surface area contributed by atoms with Crippen molar-refractivity contribution in [3.8, 4) is 0 Å². The molecular formula is C14H10F4N2O4. The monoisotopic (exact) mass is 346 g/mol. The summed E-state index contributed by atoms with van der Waals surface area (Å²) in [7, 11) is 0. The summed E-state index contributed by atoms with van der Waals surface area (Å²) < 4.78 is 47.6. The lowest BCUT2D eigenvalue weighted by Crippen LogP contribution is -2.00. The van der Waals surface area contributed by atoms with Gasteiger partial charge in [-0.05, 0) is 24.3 Å². The fourth-order valence-electron chi connectivity index (χ4n) is 1.32. The second-order valence-electron chi connectivity index (χ2n) is 4.17. The number of hydrogen-bond donors (Lipinski definition) is 2. The summed E-state index contributed by atoms with van der Waals surface area (Å²) in [6.07, 6.45) is -3.51. The largest absolute Gasteiger partial charge is 0.477 e. The van der Waals surface area contributed by atoms with Crippen LogP contribution in [0, 0.1) is 0 Å². The van der Waals surface area contributed by atoms with Gasteiger partial charge in [0.15, 0.2) is 0 Å². The van der Waals surface area contributed by atoms with Crippen molar-refractivity contribution in [3.05, 3.63) is 59.2 Å². The zero-order valence-electron chi connectivity index (χ0n) is 11.7. The van der Waals surface area contributed by atoms with E-state index >= 15 is 0 Å². The van der Waals surface area contributed by atoms with Crippen LogP contribution in [0.3, 0.4) is 0 Å². The van der Waals surface area contributed by atoms with Gasteiger partial charge in [0, 0.05) is 23.5 Å². The van der Waals surface area contributed by atoms with Gasteiger partial charge in [-0.2, -0.15) is 0 Å². The first-order chi connectivity index (χ1) is 11.2. The van der Waals surface area contributed by atoms with Crippen LogP contribution in [-0.4, -0.2) is 32.1 Å². The molecule has 0 saturated carbocycles. The molecule has 0 aliphatic carbocycles. The zero-order chi connectivity index (χ0) is 18.3. The van der Waals surface area contributed by atoms with Gasteiger partial charge in [0.05, 0.1) is 0 Å². The Labute approximate surface area is 132 Å². The topological polar surface area (TPSA) is 100 Å². The minimum atomic E-state index is -2.61. The fraction of sp³-hybridized carbons (Fsp3) is 0.143. The van der Waals surface area contributed by atoms with E-state index in [-0.39, 0.29) is 22.5 Å². The molecule has 2 heterocycles. The Morgan fingerprint density at radius 1 is 0.750 bits per heavy atom. The predicted molar refractivity (Wildman–Crippen MR) is 72.3 cm³/mol. The van der Waals surface area contributed by atoms with E-state index in [0.717, 1.165) is 36.7 Å². The maximum atomic E-state index is 11.9. The molecule has 0 amide bonds. The molecule has 0 aliphatic heterocycles. The van der Waals surface area contributed by atoms with Crippen molar-refractivity contribution < 1.29 is 37.4 Å². The Morgan fingerprint density at radius 2 is 1.08 bits per heavy atom. The Kier molecular flexibility index (Phi) is 6.78. The van der Waals surface area contributed by atoms with Crippen LogP contribution in [0.1, 0.15) is 45.0 Å². The van der Waals surface area contributed by atoms with Crippen molar-refractivity contribution in [1.29, 1.82) is 0 Å². The molecule has 0 fully saturated rings. The highest BCUT2D eigenvalue weighted by atomic mass is 19.3. The summed E-state index contributed by atoms with van der Waals surface area (Å²) >= 11 is 0. The van der Waals surface area contributed by atoms with Gasteiger partial charge in [-0.15, -0.1) is 0 Å². The lowest BCUT2D eigenvalue weighted by Gasteiger charge is -1.97. The van der Waals surface area contributed by atoms with Crippen LogP contribution in [0.2, 0.25) is 0 Å². The lowest BCUT2D eigenvalue weighted by atomic mass is 10.2. The van der Waals surface area contributed by atoms with Gasteiger partial charge in [0.2, 0.25) is 0 Å². The van der Waals surface area contributed by atoms with E-state index in [1.165, 1.54) is 0 Å². The quantitative estimate of drug-likeness (QED) is 0.823. The van der Waals surface area contributed by atoms with Crippen LogP contribution in [0.25, 0.3) is 0 Å². The number of carboxylic acid groups (broad SMARTS) is 2. The van der Waals surface area contributed by atoms with Crippen molar-refractivity contribution >= 4 is 11.9 Å². The maximum Gasteiger partial charge on any atom is 0.354 e. The van der Waals surface area contributed by atoms with E-state index in [0.29, 0.717) is 0 Å². The van der Waals surface area contributed by atoms with Gasteiger partial charge in [-0.25, -0.2) is 37.1 Å². The summed E-state index contributed by atoms with van der Waals surface area (Å²) in [5.41, 5.74) is -1.03. The SMILES string of the molecule is O=C(O)c1ccc(C(F)F)cn1.O=C(O)c1ccc(C(F)F)cn1. The molecule has 10 heteroatoms. The smallest absolute Gasteiger partial charge is 0.354 e. The Morgan fingerprint density at radius 3 is 1.25 bits per heavy atom. The van der Waals surface area contributed by atoms with Crippen LogP contribution in [0.15, 0.2) is 36.7 Å². The van der Waals surface area contributed by atoms with Gasteiger partial charge in [-0.1, -0.05) is 0 Å². The average molecular weight is 346 g/mol. The number of alkyl halides is 4. The third-order valence-corrected chi connectivity index (χ3v) is 2.51. The van der Waals surface area contributed by atoms with Gasteiger partial charge in [0.1, 0.15) is 11.4 Å². The summed E-state index contributed by atoms with van der Waals surface area (Å²) in [5.74, 6) is -2.45.